The second-order valence-corrected chi connectivity index (χ2v) is 12.8. The number of aromatic nitrogens is 3. The molecule has 0 N–H and O–H groups in total. The maximum absolute atomic E-state index is 5.23. The summed E-state index contributed by atoms with van der Waals surface area (Å²) >= 11 is 0. The lowest BCUT2D eigenvalue weighted by Crippen LogP contribution is -2.29. The van der Waals surface area contributed by atoms with Crippen LogP contribution in [0.2, 0.25) is 0 Å². The summed E-state index contributed by atoms with van der Waals surface area (Å²) < 4.78 is 0. The molecule has 228 valence electrons. The van der Waals surface area contributed by atoms with Gasteiger partial charge in [0.2, 0.25) is 0 Å². The number of fused-ring (bicyclic) bond motifs is 12. The summed E-state index contributed by atoms with van der Waals surface area (Å²) in [6.45, 7) is 0. The van der Waals surface area contributed by atoms with E-state index in [9.17, 15) is 0 Å². The van der Waals surface area contributed by atoms with Gasteiger partial charge in [0.15, 0.2) is 5.82 Å². The molecule has 8 aromatic rings. The molecule has 2 aromatic heterocycles. The Morgan fingerprint density at radius 1 is 0.327 bits per heavy atom. The fraction of sp³-hybridized carbons (Fsp3) is 0.0217. The highest BCUT2D eigenvalue weighted by Gasteiger charge is 2.49. The van der Waals surface area contributed by atoms with Crippen LogP contribution in [0.1, 0.15) is 22.3 Å². The summed E-state index contributed by atoms with van der Waals surface area (Å²) in [5.74, 6) is 0.677. The van der Waals surface area contributed by atoms with Gasteiger partial charge in [-0.3, -0.25) is 4.98 Å². The standard InChI is InChI=1S/C46H29N3/c1-2-12-30(13-3-1)43-29-44(49-45(48-43)31-24-26-47-27-25-31)32-22-23-38-34-15-5-4-14-33(34)35-16-6-9-19-39(35)46(42(38)28-32)40-20-10-7-17-36(40)37-18-8-11-21-41(37)46/h1-29H. The van der Waals surface area contributed by atoms with E-state index in [-0.39, 0.29) is 0 Å². The minimum absolute atomic E-state index is 0.544. The number of rotatable bonds is 3. The van der Waals surface area contributed by atoms with Crippen LogP contribution in [0.3, 0.4) is 0 Å². The molecular formula is C46H29N3. The van der Waals surface area contributed by atoms with Crippen LogP contribution in [-0.4, -0.2) is 15.0 Å². The maximum atomic E-state index is 5.23. The minimum Gasteiger partial charge on any atom is -0.265 e. The van der Waals surface area contributed by atoms with Gasteiger partial charge >= 0.3 is 0 Å². The van der Waals surface area contributed by atoms with Crippen molar-refractivity contribution in [1.29, 1.82) is 0 Å². The molecule has 0 radical (unpaired) electrons. The van der Waals surface area contributed by atoms with Crippen LogP contribution in [0.5, 0.6) is 0 Å². The molecule has 10 rings (SSSR count). The van der Waals surface area contributed by atoms with Gasteiger partial charge in [0.25, 0.3) is 0 Å². The summed E-state index contributed by atoms with van der Waals surface area (Å²) in [5, 5.41) is 0. The maximum Gasteiger partial charge on any atom is 0.160 e. The van der Waals surface area contributed by atoms with Crippen LogP contribution in [0.15, 0.2) is 176 Å². The molecule has 0 bridgehead atoms. The van der Waals surface area contributed by atoms with Crippen LogP contribution < -0.4 is 0 Å². The van der Waals surface area contributed by atoms with Gasteiger partial charge in [-0.1, -0.05) is 140 Å². The Hall–Kier alpha value is -6.45. The molecule has 0 fully saturated rings. The van der Waals surface area contributed by atoms with Crippen molar-refractivity contribution < 1.29 is 0 Å². The molecule has 0 saturated heterocycles. The Kier molecular flexibility index (Phi) is 6.09. The second-order valence-electron chi connectivity index (χ2n) is 12.8. The van der Waals surface area contributed by atoms with Gasteiger partial charge in [0.05, 0.1) is 16.8 Å². The smallest absolute Gasteiger partial charge is 0.160 e. The molecule has 1 spiro atoms. The van der Waals surface area contributed by atoms with Crippen LogP contribution in [0, 0.1) is 0 Å². The molecule has 2 aliphatic carbocycles. The Morgan fingerprint density at radius 2 is 0.796 bits per heavy atom. The van der Waals surface area contributed by atoms with Crippen molar-refractivity contribution in [3.8, 4) is 67.3 Å². The normalized spacial score (nSPS) is 13.1. The van der Waals surface area contributed by atoms with E-state index in [0.29, 0.717) is 5.82 Å². The average Bonchev–Trinajstić information content (AvgIpc) is 3.43. The first kappa shape index (κ1) is 27.6. The molecule has 0 unspecified atom stereocenters. The Bertz CT molecular complexity index is 2450. The topological polar surface area (TPSA) is 38.7 Å². The van der Waals surface area contributed by atoms with Crippen molar-refractivity contribution >= 4 is 0 Å². The van der Waals surface area contributed by atoms with Crippen LogP contribution in [0.25, 0.3) is 67.3 Å². The molecular weight excluding hydrogens is 595 g/mol. The first-order valence-corrected chi connectivity index (χ1v) is 16.7. The van der Waals surface area contributed by atoms with E-state index in [0.717, 1.165) is 28.1 Å². The third-order valence-electron chi connectivity index (χ3n) is 10.2. The van der Waals surface area contributed by atoms with Gasteiger partial charge < -0.3 is 0 Å². The third kappa shape index (κ3) is 4.06. The lowest BCUT2D eigenvalue weighted by molar-refractivity contribution is 0.775. The predicted octanol–water partition coefficient (Wildman–Crippen LogP) is 10.9. The highest BCUT2D eigenvalue weighted by molar-refractivity contribution is 5.97. The highest BCUT2D eigenvalue weighted by atomic mass is 14.9. The number of hydrogen-bond donors (Lipinski definition) is 0. The second kappa shape index (κ2) is 10.8. The summed E-state index contributed by atoms with van der Waals surface area (Å²) in [5.41, 5.74) is 16.9. The van der Waals surface area contributed by atoms with Gasteiger partial charge in [0.1, 0.15) is 0 Å². The predicted molar refractivity (Wildman–Crippen MR) is 198 cm³/mol. The first-order valence-electron chi connectivity index (χ1n) is 16.7. The summed E-state index contributed by atoms with van der Waals surface area (Å²) in [6.07, 6.45) is 3.59. The van der Waals surface area contributed by atoms with Crippen LogP contribution in [0.4, 0.5) is 0 Å². The molecule has 3 nitrogen and oxygen atoms in total. The van der Waals surface area contributed by atoms with E-state index >= 15 is 0 Å². The SMILES string of the molecule is c1ccc(-c2cc(-c3ccc4c(c3)C3(c5ccccc5-c5ccccc5-4)c4ccccc4-c4ccccc43)nc(-c3ccncc3)n2)cc1. The van der Waals surface area contributed by atoms with Gasteiger partial charge in [-0.25, -0.2) is 9.97 Å². The molecule has 49 heavy (non-hydrogen) atoms. The van der Waals surface area contributed by atoms with Crippen LogP contribution >= 0.6 is 0 Å². The van der Waals surface area contributed by atoms with E-state index < -0.39 is 5.41 Å². The number of pyridine rings is 1. The largest absolute Gasteiger partial charge is 0.265 e. The lowest BCUT2D eigenvalue weighted by Gasteiger charge is -2.35. The minimum atomic E-state index is -0.544. The molecule has 0 amide bonds. The fourth-order valence-electron chi connectivity index (χ4n) is 8.19. The van der Waals surface area contributed by atoms with Gasteiger partial charge in [-0.15, -0.1) is 0 Å². The van der Waals surface area contributed by atoms with Gasteiger partial charge in [0, 0.05) is 29.1 Å². The van der Waals surface area contributed by atoms with Crippen molar-refractivity contribution in [2.24, 2.45) is 0 Å². The number of benzene rings is 6. The van der Waals surface area contributed by atoms with Crippen molar-refractivity contribution in [2.45, 2.75) is 5.41 Å². The Labute approximate surface area is 285 Å². The lowest BCUT2D eigenvalue weighted by atomic mass is 9.65. The average molecular weight is 624 g/mol. The summed E-state index contributed by atoms with van der Waals surface area (Å²) in [7, 11) is 0. The molecule has 6 aromatic carbocycles. The van der Waals surface area contributed by atoms with Crippen molar-refractivity contribution in [1.82, 2.24) is 15.0 Å². The van der Waals surface area contributed by atoms with E-state index in [2.05, 4.69) is 151 Å². The van der Waals surface area contributed by atoms with E-state index in [1.54, 1.807) is 12.4 Å². The van der Waals surface area contributed by atoms with E-state index in [1.165, 1.54) is 55.6 Å². The monoisotopic (exact) mass is 623 g/mol. The molecule has 0 aliphatic heterocycles. The number of hydrogen-bond acceptors (Lipinski definition) is 3. The number of nitrogens with zero attached hydrogens (tertiary/aromatic N) is 3. The summed E-state index contributed by atoms with van der Waals surface area (Å²) in [6, 6.07) is 59.2. The van der Waals surface area contributed by atoms with Gasteiger partial charge in [-0.2, -0.15) is 0 Å². The molecule has 0 atom stereocenters. The Morgan fingerprint density at radius 3 is 1.39 bits per heavy atom. The quantitative estimate of drug-likeness (QED) is 0.197. The first-order chi connectivity index (χ1) is 24.3. The molecule has 2 heterocycles. The van der Waals surface area contributed by atoms with E-state index in [1.807, 2.05) is 18.2 Å². The molecule has 3 heteroatoms. The highest BCUT2D eigenvalue weighted by Crippen LogP contribution is 2.61. The third-order valence-corrected chi connectivity index (χ3v) is 10.2. The van der Waals surface area contributed by atoms with E-state index in [4.69, 9.17) is 9.97 Å². The van der Waals surface area contributed by atoms with Crippen molar-refractivity contribution in [2.75, 3.05) is 0 Å². The molecule has 2 aliphatic rings. The summed E-state index contributed by atoms with van der Waals surface area (Å²) in [4.78, 5) is 14.5. The van der Waals surface area contributed by atoms with Crippen molar-refractivity contribution in [3.63, 3.8) is 0 Å². The van der Waals surface area contributed by atoms with Crippen molar-refractivity contribution in [3.05, 3.63) is 198 Å². The zero-order valence-corrected chi connectivity index (χ0v) is 26.6. The zero-order chi connectivity index (χ0) is 32.4. The fourth-order valence-corrected chi connectivity index (χ4v) is 8.19. The molecule has 0 saturated carbocycles. The Balaban J connectivity index is 1.32. The van der Waals surface area contributed by atoms with Crippen LogP contribution in [-0.2, 0) is 5.41 Å². The van der Waals surface area contributed by atoms with Gasteiger partial charge in [-0.05, 0) is 79.9 Å². The zero-order valence-electron chi connectivity index (χ0n) is 26.6.